The average Bonchev–Trinajstić information content (AvgIpc) is 2.42. The van der Waals surface area contributed by atoms with E-state index < -0.39 is 11.7 Å². The molecular weight excluding hydrogens is 261 g/mol. The maximum Gasteiger partial charge on any atom is 0.255 e. The van der Waals surface area contributed by atoms with Gasteiger partial charge >= 0.3 is 0 Å². The molecule has 0 aromatic heterocycles. The molecule has 0 fully saturated rings. The number of amides is 1. The van der Waals surface area contributed by atoms with Gasteiger partial charge in [-0.15, -0.1) is 0 Å². The number of rotatable bonds is 3. The summed E-state index contributed by atoms with van der Waals surface area (Å²) in [4.78, 5) is 12.0. The molecule has 1 amide bonds. The Morgan fingerprint density at radius 1 is 1.25 bits per heavy atom. The van der Waals surface area contributed by atoms with E-state index in [4.69, 9.17) is 4.74 Å². The third kappa shape index (κ3) is 2.88. The highest BCUT2D eigenvalue weighted by Gasteiger charge is 2.10. The number of halogens is 1. The van der Waals surface area contributed by atoms with E-state index in [1.807, 2.05) is 0 Å². The largest absolute Gasteiger partial charge is 0.508 e. The van der Waals surface area contributed by atoms with Crippen LogP contribution in [-0.4, -0.2) is 18.1 Å². The lowest BCUT2D eigenvalue weighted by Crippen LogP contribution is -2.12. The van der Waals surface area contributed by atoms with Crippen molar-refractivity contribution in [2.45, 2.75) is 6.92 Å². The zero-order valence-electron chi connectivity index (χ0n) is 11.1. The van der Waals surface area contributed by atoms with Crippen molar-refractivity contribution >= 4 is 11.6 Å². The number of phenolic OH excluding ortho intramolecular Hbond substituents is 1. The summed E-state index contributed by atoms with van der Waals surface area (Å²) in [7, 11) is 1.37. The van der Waals surface area contributed by atoms with Crippen LogP contribution in [0, 0.1) is 12.7 Å². The molecule has 0 heterocycles. The zero-order chi connectivity index (χ0) is 14.7. The van der Waals surface area contributed by atoms with Gasteiger partial charge in [-0.1, -0.05) is 6.07 Å². The summed E-state index contributed by atoms with van der Waals surface area (Å²) in [5, 5.41) is 12.1. The van der Waals surface area contributed by atoms with E-state index in [1.165, 1.54) is 31.4 Å². The number of hydrogen-bond acceptors (Lipinski definition) is 3. The zero-order valence-corrected chi connectivity index (χ0v) is 11.1. The van der Waals surface area contributed by atoms with Crippen molar-refractivity contribution < 1.29 is 19.0 Å². The molecule has 0 unspecified atom stereocenters. The number of carbonyl (C=O) groups is 1. The van der Waals surface area contributed by atoms with E-state index >= 15 is 0 Å². The van der Waals surface area contributed by atoms with Gasteiger partial charge < -0.3 is 15.2 Å². The maximum absolute atomic E-state index is 13.5. The number of benzene rings is 2. The number of methoxy groups -OCH3 is 1. The van der Waals surface area contributed by atoms with Gasteiger partial charge in [0.05, 0.1) is 7.11 Å². The molecule has 2 N–H and O–H groups in total. The molecule has 0 radical (unpaired) electrons. The summed E-state index contributed by atoms with van der Waals surface area (Å²) in [6.07, 6.45) is 0. The number of carbonyl (C=O) groups excluding carboxylic acids is 1. The quantitative estimate of drug-likeness (QED) is 0.905. The second-order valence-corrected chi connectivity index (χ2v) is 4.30. The van der Waals surface area contributed by atoms with Gasteiger partial charge in [-0.2, -0.15) is 0 Å². The fourth-order valence-corrected chi connectivity index (χ4v) is 1.70. The Labute approximate surface area is 115 Å². The second kappa shape index (κ2) is 5.61. The molecule has 5 heteroatoms. The second-order valence-electron chi connectivity index (χ2n) is 4.30. The minimum atomic E-state index is -0.558. The Kier molecular flexibility index (Phi) is 3.89. The van der Waals surface area contributed by atoms with Crippen molar-refractivity contribution in [2.24, 2.45) is 0 Å². The lowest BCUT2D eigenvalue weighted by atomic mass is 10.1. The Morgan fingerprint density at radius 2 is 2.00 bits per heavy atom. The van der Waals surface area contributed by atoms with Crippen LogP contribution in [-0.2, 0) is 0 Å². The van der Waals surface area contributed by atoms with Crippen LogP contribution in [0.3, 0.4) is 0 Å². The van der Waals surface area contributed by atoms with Gasteiger partial charge in [-0.05, 0) is 36.8 Å². The molecule has 0 saturated carbocycles. The predicted molar refractivity (Wildman–Crippen MR) is 73.7 cm³/mol. The highest BCUT2D eigenvalue weighted by molar-refractivity contribution is 6.04. The molecule has 0 saturated heterocycles. The predicted octanol–water partition coefficient (Wildman–Crippen LogP) is 3.10. The van der Waals surface area contributed by atoms with Crippen LogP contribution in [0.1, 0.15) is 15.9 Å². The summed E-state index contributed by atoms with van der Waals surface area (Å²) < 4.78 is 18.3. The number of aryl methyl sites for hydroxylation is 1. The molecule has 2 aromatic carbocycles. The number of ether oxygens (including phenoxy) is 1. The number of aromatic hydroxyl groups is 1. The summed E-state index contributed by atoms with van der Waals surface area (Å²) in [5.74, 6) is -0.837. The fraction of sp³-hybridized carbons (Fsp3) is 0.133. The van der Waals surface area contributed by atoms with Crippen molar-refractivity contribution in [2.75, 3.05) is 12.4 Å². The third-order valence-electron chi connectivity index (χ3n) is 2.88. The average molecular weight is 275 g/mol. The lowest BCUT2D eigenvalue weighted by molar-refractivity contribution is 0.102. The van der Waals surface area contributed by atoms with Crippen LogP contribution < -0.4 is 10.1 Å². The molecule has 0 aliphatic carbocycles. The van der Waals surface area contributed by atoms with Gasteiger partial charge in [0.15, 0.2) is 11.6 Å². The Hall–Kier alpha value is -2.56. The van der Waals surface area contributed by atoms with Crippen LogP contribution >= 0.6 is 0 Å². The first-order valence-electron chi connectivity index (χ1n) is 5.96. The maximum atomic E-state index is 13.5. The molecule has 0 atom stereocenters. The van der Waals surface area contributed by atoms with Crippen molar-refractivity contribution in [1.82, 2.24) is 0 Å². The Bertz CT molecular complexity index is 656. The lowest BCUT2D eigenvalue weighted by Gasteiger charge is -2.08. The van der Waals surface area contributed by atoms with Gasteiger partial charge in [0.2, 0.25) is 0 Å². The molecule has 0 aliphatic heterocycles. The van der Waals surface area contributed by atoms with Crippen LogP contribution in [0.15, 0.2) is 36.4 Å². The van der Waals surface area contributed by atoms with E-state index in [2.05, 4.69) is 5.32 Å². The summed E-state index contributed by atoms with van der Waals surface area (Å²) in [5.41, 5.74) is 1.29. The van der Waals surface area contributed by atoms with Crippen molar-refractivity contribution in [3.8, 4) is 11.5 Å². The van der Waals surface area contributed by atoms with Crippen LogP contribution in [0.2, 0.25) is 0 Å². The smallest absolute Gasteiger partial charge is 0.255 e. The topological polar surface area (TPSA) is 58.6 Å². The summed E-state index contributed by atoms with van der Waals surface area (Å²) in [6.45, 7) is 1.73. The SMILES string of the molecule is COc1ccc(NC(=O)c2ccc(C)c(O)c2)cc1F. The Balaban J connectivity index is 2.19. The minimum absolute atomic E-state index is 0.0403. The van der Waals surface area contributed by atoms with E-state index in [1.54, 1.807) is 19.1 Å². The van der Waals surface area contributed by atoms with E-state index in [0.29, 0.717) is 16.8 Å². The number of anilines is 1. The van der Waals surface area contributed by atoms with Crippen LogP contribution in [0.25, 0.3) is 0 Å². The normalized spacial score (nSPS) is 10.2. The molecule has 0 aliphatic rings. The summed E-state index contributed by atoms with van der Waals surface area (Å²) in [6, 6.07) is 8.73. The van der Waals surface area contributed by atoms with Gasteiger partial charge in [0.25, 0.3) is 5.91 Å². The molecule has 104 valence electrons. The van der Waals surface area contributed by atoms with Gasteiger partial charge in [0.1, 0.15) is 5.75 Å². The molecular formula is C15H14FNO3. The molecule has 2 aromatic rings. The first-order chi connectivity index (χ1) is 9.51. The molecule has 4 nitrogen and oxygen atoms in total. The summed E-state index contributed by atoms with van der Waals surface area (Å²) >= 11 is 0. The van der Waals surface area contributed by atoms with Crippen LogP contribution in [0.5, 0.6) is 11.5 Å². The molecule has 0 spiro atoms. The van der Waals surface area contributed by atoms with Crippen molar-refractivity contribution in [3.05, 3.63) is 53.3 Å². The van der Waals surface area contributed by atoms with Crippen LogP contribution in [0.4, 0.5) is 10.1 Å². The highest BCUT2D eigenvalue weighted by atomic mass is 19.1. The van der Waals surface area contributed by atoms with Crippen molar-refractivity contribution in [3.63, 3.8) is 0 Å². The molecule has 20 heavy (non-hydrogen) atoms. The Morgan fingerprint density at radius 3 is 2.60 bits per heavy atom. The fourth-order valence-electron chi connectivity index (χ4n) is 1.70. The van der Waals surface area contributed by atoms with Crippen molar-refractivity contribution in [1.29, 1.82) is 0 Å². The number of hydrogen-bond donors (Lipinski definition) is 2. The third-order valence-corrected chi connectivity index (χ3v) is 2.88. The van der Waals surface area contributed by atoms with E-state index in [-0.39, 0.29) is 11.5 Å². The molecule has 0 bridgehead atoms. The number of phenols is 1. The van der Waals surface area contributed by atoms with E-state index in [9.17, 15) is 14.3 Å². The standard InChI is InChI=1S/C15H14FNO3/c1-9-3-4-10(7-13(9)18)15(19)17-11-5-6-14(20-2)12(16)8-11/h3-8,18H,1-2H3,(H,17,19). The van der Waals surface area contributed by atoms with E-state index in [0.717, 1.165) is 0 Å². The first-order valence-corrected chi connectivity index (χ1v) is 5.96. The monoisotopic (exact) mass is 275 g/mol. The highest BCUT2D eigenvalue weighted by Crippen LogP contribution is 2.22. The van der Waals surface area contributed by atoms with Gasteiger partial charge in [-0.25, -0.2) is 4.39 Å². The molecule has 2 rings (SSSR count). The number of nitrogens with one attached hydrogen (secondary N) is 1. The van der Waals surface area contributed by atoms with Gasteiger partial charge in [0, 0.05) is 17.3 Å². The first kappa shape index (κ1) is 13.9. The minimum Gasteiger partial charge on any atom is -0.508 e. The van der Waals surface area contributed by atoms with Gasteiger partial charge in [-0.3, -0.25) is 4.79 Å².